The van der Waals surface area contributed by atoms with Crippen LogP contribution in [0.25, 0.3) is 11.4 Å². The maximum Gasteiger partial charge on any atom is 0.230 e. The van der Waals surface area contributed by atoms with Crippen molar-refractivity contribution in [2.45, 2.75) is 31.5 Å². The number of nitrogens with zero attached hydrogens (tertiary/aromatic N) is 3. The van der Waals surface area contributed by atoms with E-state index in [9.17, 15) is 9.18 Å². The first-order chi connectivity index (χ1) is 13.5. The van der Waals surface area contributed by atoms with E-state index in [1.807, 2.05) is 19.1 Å². The summed E-state index contributed by atoms with van der Waals surface area (Å²) < 4.78 is 15.7. The topological polar surface area (TPSA) is 59.8 Å². The number of hydrogen-bond donors (Lipinski definition) is 1. The third-order valence-corrected chi connectivity index (χ3v) is 5.57. The predicted octanol–water partition coefficient (Wildman–Crippen LogP) is 4.15. The van der Waals surface area contributed by atoms with E-state index in [1.165, 1.54) is 23.4 Å². The lowest BCUT2D eigenvalue weighted by Gasteiger charge is -2.14. The lowest BCUT2D eigenvalue weighted by atomic mass is 10.1. The Kier molecular flexibility index (Phi) is 6.46. The van der Waals surface area contributed by atoms with Gasteiger partial charge in [0.05, 0.1) is 17.4 Å². The van der Waals surface area contributed by atoms with Crippen LogP contribution in [0.15, 0.2) is 53.7 Å². The number of rotatable bonds is 7. The van der Waals surface area contributed by atoms with Gasteiger partial charge in [0.2, 0.25) is 5.91 Å². The fourth-order valence-corrected chi connectivity index (χ4v) is 3.58. The zero-order valence-electron chi connectivity index (χ0n) is 16.1. The zero-order chi connectivity index (χ0) is 20.1. The van der Waals surface area contributed by atoms with Crippen LogP contribution in [0.5, 0.6) is 0 Å². The highest BCUT2D eigenvalue weighted by Gasteiger charge is 2.16. The molecule has 146 valence electrons. The van der Waals surface area contributed by atoms with Gasteiger partial charge < -0.3 is 9.88 Å². The van der Waals surface area contributed by atoms with Crippen molar-refractivity contribution < 1.29 is 9.18 Å². The second-order valence-corrected chi connectivity index (χ2v) is 7.46. The van der Waals surface area contributed by atoms with Crippen LogP contribution >= 0.6 is 11.8 Å². The van der Waals surface area contributed by atoms with E-state index in [0.717, 1.165) is 12.0 Å². The summed E-state index contributed by atoms with van der Waals surface area (Å²) in [5.41, 5.74) is 2.72. The van der Waals surface area contributed by atoms with Gasteiger partial charge in [0.25, 0.3) is 0 Å². The van der Waals surface area contributed by atoms with Crippen LogP contribution in [0, 0.1) is 5.82 Å². The first-order valence-corrected chi connectivity index (χ1v) is 10.1. The molecule has 5 nitrogen and oxygen atoms in total. The lowest BCUT2D eigenvalue weighted by molar-refractivity contribution is -0.119. The summed E-state index contributed by atoms with van der Waals surface area (Å²) in [7, 11) is 1.76. The molecule has 0 saturated carbocycles. The summed E-state index contributed by atoms with van der Waals surface area (Å²) in [6.45, 7) is 4.07. The van der Waals surface area contributed by atoms with Crippen LogP contribution in [0.2, 0.25) is 0 Å². The zero-order valence-corrected chi connectivity index (χ0v) is 17.0. The van der Waals surface area contributed by atoms with Gasteiger partial charge >= 0.3 is 0 Å². The Balaban J connectivity index is 1.59. The van der Waals surface area contributed by atoms with Crippen molar-refractivity contribution in [1.82, 2.24) is 20.1 Å². The molecule has 2 aromatic carbocycles. The van der Waals surface area contributed by atoms with Crippen LogP contribution in [-0.4, -0.2) is 26.4 Å². The molecular formula is C21H23FN4OS. The molecule has 0 fully saturated rings. The Morgan fingerprint density at radius 1 is 1.18 bits per heavy atom. The Morgan fingerprint density at radius 2 is 1.89 bits per heavy atom. The molecule has 0 saturated heterocycles. The third-order valence-electron chi connectivity index (χ3n) is 4.55. The fourth-order valence-electron chi connectivity index (χ4n) is 2.86. The quantitative estimate of drug-likeness (QED) is 0.608. The Bertz CT molecular complexity index is 955. The standard InChI is InChI=1S/C21H23FN4OS/c1-4-15-9-11-16(12-10-15)14(2)23-19(27)13-28-21-25-24-20(26(21)3)17-7-5-6-8-18(17)22/h5-12,14H,4,13H2,1-3H3,(H,23,27). The molecular weight excluding hydrogens is 375 g/mol. The second kappa shape index (κ2) is 9.01. The summed E-state index contributed by atoms with van der Waals surface area (Å²) in [5.74, 6) is 0.203. The molecule has 3 rings (SSSR count). The van der Waals surface area contributed by atoms with Gasteiger partial charge in [0, 0.05) is 7.05 Å². The number of hydrogen-bond acceptors (Lipinski definition) is 4. The van der Waals surface area contributed by atoms with E-state index in [-0.39, 0.29) is 23.5 Å². The molecule has 3 aromatic rings. The summed E-state index contributed by atoms with van der Waals surface area (Å²) in [5, 5.41) is 11.7. The van der Waals surface area contributed by atoms with E-state index in [2.05, 4.69) is 34.6 Å². The van der Waals surface area contributed by atoms with Crippen LogP contribution in [0.3, 0.4) is 0 Å². The van der Waals surface area contributed by atoms with Crippen molar-refractivity contribution in [3.8, 4) is 11.4 Å². The van der Waals surface area contributed by atoms with Gasteiger partial charge in [-0.25, -0.2) is 4.39 Å². The normalized spacial score (nSPS) is 12.0. The molecule has 0 aliphatic carbocycles. The molecule has 1 atom stereocenters. The van der Waals surface area contributed by atoms with Crippen molar-refractivity contribution in [2.24, 2.45) is 7.05 Å². The molecule has 1 amide bonds. The van der Waals surface area contributed by atoms with Crippen LogP contribution < -0.4 is 5.32 Å². The molecule has 7 heteroatoms. The molecule has 1 N–H and O–H groups in total. The number of amides is 1. The van der Waals surface area contributed by atoms with E-state index < -0.39 is 0 Å². The number of aryl methyl sites for hydroxylation is 1. The largest absolute Gasteiger partial charge is 0.349 e. The summed E-state index contributed by atoms with van der Waals surface area (Å²) >= 11 is 1.27. The van der Waals surface area contributed by atoms with Gasteiger partial charge in [-0.1, -0.05) is 55.1 Å². The van der Waals surface area contributed by atoms with Gasteiger partial charge in [-0.3, -0.25) is 4.79 Å². The average Bonchev–Trinajstić information content (AvgIpc) is 3.07. The number of aromatic nitrogens is 3. The SMILES string of the molecule is CCc1ccc(C(C)NC(=O)CSc2nnc(-c3ccccc3F)n2C)cc1. The van der Waals surface area contributed by atoms with Gasteiger partial charge in [-0.2, -0.15) is 0 Å². The minimum Gasteiger partial charge on any atom is -0.349 e. The second-order valence-electron chi connectivity index (χ2n) is 6.52. The molecule has 1 unspecified atom stereocenters. The minimum atomic E-state index is -0.352. The van der Waals surface area contributed by atoms with E-state index in [1.54, 1.807) is 29.8 Å². The monoisotopic (exact) mass is 398 g/mol. The number of halogens is 1. The fraction of sp³-hybridized carbons (Fsp3) is 0.286. The first-order valence-electron chi connectivity index (χ1n) is 9.15. The van der Waals surface area contributed by atoms with E-state index in [4.69, 9.17) is 0 Å². The van der Waals surface area contributed by atoms with Crippen LogP contribution in [0.1, 0.15) is 31.0 Å². The van der Waals surface area contributed by atoms with Crippen molar-refractivity contribution >= 4 is 17.7 Å². The number of carbonyl (C=O) groups excluding carboxylic acids is 1. The maximum atomic E-state index is 14.0. The molecule has 0 spiro atoms. The molecule has 0 aliphatic rings. The number of benzene rings is 2. The smallest absolute Gasteiger partial charge is 0.230 e. The van der Waals surface area contributed by atoms with Gasteiger partial charge in [0.1, 0.15) is 5.82 Å². The predicted molar refractivity (Wildman–Crippen MR) is 109 cm³/mol. The molecule has 1 heterocycles. The van der Waals surface area contributed by atoms with Crippen molar-refractivity contribution in [1.29, 1.82) is 0 Å². The average molecular weight is 399 g/mol. The lowest BCUT2D eigenvalue weighted by Crippen LogP contribution is -2.28. The van der Waals surface area contributed by atoms with Crippen molar-refractivity contribution in [2.75, 3.05) is 5.75 Å². The third kappa shape index (κ3) is 4.59. The van der Waals surface area contributed by atoms with Crippen molar-refractivity contribution in [3.63, 3.8) is 0 Å². The molecule has 1 aromatic heterocycles. The minimum absolute atomic E-state index is 0.0764. The van der Waals surface area contributed by atoms with Crippen LogP contribution in [0.4, 0.5) is 4.39 Å². The first kappa shape index (κ1) is 20.1. The summed E-state index contributed by atoms with van der Waals surface area (Å²) in [6, 6.07) is 14.6. The number of carbonyl (C=O) groups is 1. The van der Waals surface area contributed by atoms with Crippen LogP contribution in [-0.2, 0) is 18.3 Å². The van der Waals surface area contributed by atoms with E-state index >= 15 is 0 Å². The maximum absolute atomic E-state index is 14.0. The van der Waals surface area contributed by atoms with Gasteiger partial charge in [-0.15, -0.1) is 10.2 Å². The Morgan fingerprint density at radius 3 is 2.57 bits per heavy atom. The molecule has 0 bridgehead atoms. The van der Waals surface area contributed by atoms with Crippen molar-refractivity contribution in [3.05, 3.63) is 65.5 Å². The van der Waals surface area contributed by atoms with Gasteiger partial charge in [-0.05, 0) is 36.6 Å². The van der Waals surface area contributed by atoms with Gasteiger partial charge in [0.15, 0.2) is 11.0 Å². The Hall–Kier alpha value is -2.67. The highest BCUT2D eigenvalue weighted by atomic mass is 32.2. The summed E-state index contributed by atoms with van der Waals surface area (Å²) in [4.78, 5) is 12.3. The summed E-state index contributed by atoms with van der Waals surface area (Å²) in [6.07, 6.45) is 0.990. The highest BCUT2D eigenvalue weighted by molar-refractivity contribution is 7.99. The number of thioether (sulfide) groups is 1. The highest BCUT2D eigenvalue weighted by Crippen LogP contribution is 2.24. The van der Waals surface area contributed by atoms with E-state index in [0.29, 0.717) is 16.5 Å². The molecule has 0 radical (unpaired) electrons. The number of nitrogens with one attached hydrogen (secondary N) is 1. The molecule has 28 heavy (non-hydrogen) atoms. The Labute approximate surface area is 168 Å². The molecule has 0 aliphatic heterocycles.